The molecule has 0 bridgehead atoms. The van der Waals surface area contributed by atoms with Crippen molar-refractivity contribution in [3.63, 3.8) is 0 Å². The van der Waals surface area contributed by atoms with Crippen molar-refractivity contribution in [2.75, 3.05) is 37.6 Å². The van der Waals surface area contributed by atoms with Gasteiger partial charge in [0.2, 0.25) is 0 Å². The Kier molecular flexibility index (Phi) is 3.35. The highest BCUT2D eigenvalue weighted by molar-refractivity contribution is 5.47. The normalized spacial score (nSPS) is 18.9. The second kappa shape index (κ2) is 5.14. The van der Waals surface area contributed by atoms with E-state index in [9.17, 15) is 0 Å². The van der Waals surface area contributed by atoms with Crippen LogP contribution in [0.4, 0.5) is 5.82 Å². The molecule has 1 unspecified atom stereocenters. The van der Waals surface area contributed by atoms with Crippen LogP contribution in [0.3, 0.4) is 0 Å². The third-order valence-electron chi connectivity index (χ3n) is 3.85. The molecule has 1 aliphatic rings. The zero-order chi connectivity index (χ0) is 13.2. The summed E-state index contributed by atoms with van der Waals surface area (Å²) in [6.45, 7) is 7.00. The summed E-state index contributed by atoms with van der Waals surface area (Å²) in [4.78, 5) is 9.40. The van der Waals surface area contributed by atoms with E-state index in [1.165, 1.54) is 0 Å². The van der Waals surface area contributed by atoms with E-state index in [1.807, 2.05) is 18.3 Å². The third-order valence-corrected chi connectivity index (χ3v) is 3.85. The number of nitrogens with zero attached hydrogens (tertiary/aromatic N) is 5. The zero-order valence-corrected chi connectivity index (χ0v) is 11.2. The number of nitrogens with two attached hydrogens (primary N) is 1. The highest BCUT2D eigenvalue weighted by Gasteiger charge is 2.21. The van der Waals surface area contributed by atoms with E-state index in [1.54, 1.807) is 10.7 Å². The minimum Gasteiger partial charge on any atom is -0.354 e. The Balaban J connectivity index is 1.70. The smallest absolute Gasteiger partial charge is 0.157 e. The molecule has 19 heavy (non-hydrogen) atoms. The minimum atomic E-state index is 0.465. The van der Waals surface area contributed by atoms with Gasteiger partial charge in [0.15, 0.2) is 5.65 Å². The standard InChI is InChI=1S/C13H20N6/c1-11(10-14)17-6-8-18(9-7-17)12-3-5-19-13(16-12)2-4-15-19/h2-5,11H,6-10,14H2,1H3. The summed E-state index contributed by atoms with van der Waals surface area (Å²) >= 11 is 0. The number of hydrogen-bond acceptors (Lipinski definition) is 5. The fourth-order valence-electron chi connectivity index (χ4n) is 2.52. The number of hydrogen-bond donors (Lipinski definition) is 1. The molecule has 0 aromatic carbocycles. The van der Waals surface area contributed by atoms with Crippen LogP contribution in [0.1, 0.15) is 6.92 Å². The van der Waals surface area contributed by atoms with Crippen LogP contribution in [-0.4, -0.2) is 58.3 Å². The Morgan fingerprint density at radius 1 is 1.26 bits per heavy atom. The Hall–Kier alpha value is -1.66. The molecule has 1 fully saturated rings. The van der Waals surface area contributed by atoms with Gasteiger partial charge in [0.1, 0.15) is 5.82 Å². The molecule has 0 amide bonds. The second-order valence-corrected chi connectivity index (χ2v) is 5.03. The first-order chi connectivity index (χ1) is 9.28. The molecule has 1 atom stereocenters. The quantitative estimate of drug-likeness (QED) is 0.854. The van der Waals surface area contributed by atoms with Gasteiger partial charge in [0.25, 0.3) is 0 Å². The molecule has 2 aromatic heterocycles. The van der Waals surface area contributed by atoms with Crippen molar-refractivity contribution in [3.05, 3.63) is 24.5 Å². The maximum absolute atomic E-state index is 5.72. The number of piperazine rings is 1. The molecule has 6 heteroatoms. The molecule has 0 aliphatic carbocycles. The fraction of sp³-hybridized carbons (Fsp3) is 0.538. The Morgan fingerprint density at radius 2 is 2.05 bits per heavy atom. The molecule has 1 saturated heterocycles. The molecule has 2 aromatic rings. The Morgan fingerprint density at radius 3 is 2.79 bits per heavy atom. The summed E-state index contributed by atoms with van der Waals surface area (Å²) in [5.74, 6) is 1.04. The molecule has 0 saturated carbocycles. The van der Waals surface area contributed by atoms with Gasteiger partial charge in [-0.25, -0.2) is 9.50 Å². The van der Waals surface area contributed by atoms with Gasteiger partial charge in [-0.05, 0) is 13.0 Å². The summed E-state index contributed by atoms with van der Waals surface area (Å²) in [7, 11) is 0. The first kappa shape index (κ1) is 12.4. The Bertz CT molecular complexity index is 543. The van der Waals surface area contributed by atoms with Crippen LogP contribution in [0.15, 0.2) is 24.5 Å². The van der Waals surface area contributed by atoms with Gasteiger partial charge in [-0.15, -0.1) is 0 Å². The van der Waals surface area contributed by atoms with Gasteiger partial charge in [0.05, 0.1) is 6.20 Å². The second-order valence-electron chi connectivity index (χ2n) is 5.03. The molecule has 2 N–H and O–H groups in total. The first-order valence-electron chi connectivity index (χ1n) is 6.77. The van der Waals surface area contributed by atoms with Gasteiger partial charge in [-0.1, -0.05) is 0 Å². The van der Waals surface area contributed by atoms with E-state index in [2.05, 4.69) is 26.8 Å². The molecule has 0 radical (unpaired) electrons. The van der Waals surface area contributed by atoms with E-state index in [-0.39, 0.29) is 0 Å². The van der Waals surface area contributed by atoms with Gasteiger partial charge in [-0.2, -0.15) is 5.10 Å². The number of fused-ring (bicyclic) bond motifs is 1. The maximum atomic E-state index is 5.72. The van der Waals surface area contributed by atoms with E-state index in [4.69, 9.17) is 5.73 Å². The van der Waals surface area contributed by atoms with Crippen LogP contribution >= 0.6 is 0 Å². The van der Waals surface area contributed by atoms with Gasteiger partial charge in [0, 0.05) is 51.0 Å². The summed E-state index contributed by atoms with van der Waals surface area (Å²) in [5.41, 5.74) is 6.62. The lowest BCUT2D eigenvalue weighted by Crippen LogP contribution is -2.51. The van der Waals surface area contributed by atoms with Gasteiger partial charge >= 0.3 is 0 Å². The largest absolute Gasteiger partial charge is 0.354 e. The van der Waals surface area contributed by atoms with Crippen molar-refractivity contribution in [1.29, 1.82) is 0 Å². The van der Waals surface area contributed by atoms with Crippen molar-refractivity contribution in [2.45, 2.75) is 13.0 Å². The van der Waals surface area contributed by atoms with Crippen molar-refractivity contribution < 1.29 is 0 Å². The summed E-state index contributed by atoms with van der Waals surface area (Å²) in [6, 6.07) is 4.42. The van der Waals surface area contributed by atoms with Gasteiger partial charge < -0.3 is 10.6 Å². The SMILES string of the molecule is CC(CN)N1CCN(c2ccn3nccc3n2)CC1. The lowest BCUT2D eigenvalue weighted by molar-refractivity contribution is 0.201. The third kappa shape index (κ3) is 2.41. The predicted octanol–water partition coefficient (Wildman–Crippen LogP) is 0.199. The van der Waals surface area contributed by atoms with Crippen LogP contribution < -0.4 is 10.6 Å². The lowest BCUT2D eigenvalue weighted by Gasteiger charge is -2.38. The van der Waals surface area contributed by atoms with Crippen molar-refractivity contribution in [1.82, 2.24) is 19.5 Å². The topological polar surface area (TPSA) is 62.7 Å². The predicted molar refractivity (Wildman–Crippen MR) is 75.3 cm³/mol. The number of aromatic nitrogens is 3. The van der Waals surface area contributed by atoms with Crippen LogP contribution in [0.25, 0.3) is 5.65 Å². The number of rotatable bonds is 3. The molecular weight excluding hydrogens is 240 g/mol. The van der Waals surface area contributed by atoms with Crippen LogP contribution in [0.2, 0.25) is 0 Å². The Labute approximate surface area is 112 Å². The van der Waals surface area contributed by atoms with E-state index in [0.29, 0.717) is 6.04 Å². The van der Waals surface area contributed by atoms with Crippen LogP contribution in [-0.2, 0) is 0 Å². The van der Waals surface area contributed by atoms with Crippen LogP contribution in [0, 0.1) is 0 Å². The summed E-state index contributed by atoms with van der Waals surface area (Å²) in [6.07, 6.45) is 3.74. The van der Waals surface area contributed by atoms with E-state index >= 15 is 0 Å². The average Bonchev–Trinajstić information content (AvgIpc) is 2.94. The molecule has 1 aliphatic heterocycles. The van der Waals surface area contributed by atoms with Gasteiger partial charge in [-0.3, -0.25) is 4.90 Å². The fourth-order valence-corrected chi connectivity index (χ4v) is 2.52. The zero-order valence-electron chi connectivity index (χ0n) is 11.2. The summed E-state index contributed by atoms with van der Waals surface area (Å²) < 4.78 is 1.79. The number of anilines is 1. The highest BCUT2D eigenvalue weighted by Crippen LogP contribution is 2.15. The molecule has 102 valence electrons. The lowest BCUT2D eigenvalue weighted by atomic mass is 10.2. The monoisotopic (exact) mass is 260 g/mol. The van der Waals surface area contributed by atoms with Crippen LogP contribution in [0.5, 0.6) is 0 Å². The van der Waals surface area contributed by atoms with Crippen molar-refractivity contribution >= 4 is 11.5 Å². The minimum absolute atomic E-state index is 0.465. The maximum Gasteiger partial charge on any atom is 0.157 e. The molecule has 6 nitrogen and oxygen atoms in total. The average molecular weight is 260 g/mol. The first-order valence-corrected chi connectivity index (χ1v) is 6.77. The van der Waals surface area contributed by atoms with Crippen molar-refractivity contribution in [2.24, 2.45) is 5.73 Å². The molecule has 3 heterocycles. The molecule has 3 rings (SSSR count). The highest BCUT2D eigenvalue weighted by atomic mass is 15.3. The molecular formula is C13H20N6. The molecule has 0 spiro atoms. The van der Waals surface area contributed by atoms with E-state index in [0.717, 1.165) is 44.2 Å². The summed E-state index contributed by atoms with van der Waals surface area (Å²) in [5, 5.41) is 4.16. The van der Waals surface area contributed by atoms with Crippen molar-refractivity contribution in [3.8, 4) is 0 Å². The van der Waals surface area contributed by atoms with E-state index < -0.39 is 0 Å².